The number of nitro groups is 1. The lowest BCUT2D eigenvalue weighted by Gasteiger charge is -2.16. The van der Waals surface area contributed by atoms with Crippen molar-refractivity contribution < 1.29 is 14.5 Å². The van der Waals surface area contributed by atoms with Crippen molar-refractivity contribution in [1.29, 1.82) is 0 Å². The van der Waals surface area contributed by atoms with Gasteiger partial charge >= 0.3 is 0 Å². The number of aryl methyl sites for hydroxylation is 2. The zero-order chi connectivity index (χ0) is 17.8. The molecule has 9 heteroatoms. The van der Waals surface area contributed by atoms with Gasteiger partial charge in [-0.05, 0) is 25.0 Å². The second-order valence-electron chi connectivity index (χ2n) is 5.46. The second-order valence-corrected chi connectivity index (χ2v) is 5.46. The SMILES string of the molecule is Cc1cc([N+](=O)[O-])cc(C)c1-n1c(N)c2c(cc1=O)C(=O)NC2=O. The van der Waals surface area contributed by atoms with Crippen LogP contribution in [0.15, 0.2) is 23.0 Å². The number of nitrogen functional groups attached to an aromatic ring is 1. The summed E-state index contributed by atoms with van der Waals surface area (Å²) in [6.07, 6.45) is 0. The van der Waals surface area contributed by atoms with Crippen LogP contribution in [0.4, 0.5) is 11.5 Å². The normalized spacial score (nSPS) is 12.9. The van der Waals surface area contributed by atoms with Gasteiger partial charge < -0.3 is 5.73 Å². The average molecular weight is 328 g/mol. The molecule has 0 atom stereocenters. The lowest BCUT2D eigenvalue weighted by Crippen LogP contribution is -2.25. The topological polar surface area (TPSA) is 137 Å². The number of anilines is 1. The van der Waals surface area contributed by atoms with Crippen LogP contribution in [0.3, 0.4) is 0 Å². The van der Waals surface area contributed by atoms with E-state index in [1.165, 1.54) is 12.1 Å². The van der Waals surface area contributed by atoms with Gasteiger partial charge in [0.2, 0.25) is 0 Å². The number of nitrogens with zero attached hydrogens (tertiary/aromatic N) is 2. The Morgan fingerprint density at radius 3 is 2.21 bits per heavy atom. The molecule has 3 N–H and O–H groups in total. The zero-order valence-electron chi connectivity index (χ0n) is 12.7. The van der Waals surface area contributed by atoms with Crippen molar-refractivity contribution in [3.05, 3.63) is 60.9 Å². The Bertz CT molecular complexity index is 983. The van der Waals surface area contributed by atoms with Gasteiger partial charge in [-0.25, -0.2) is 0 Å². The van der Waals surface area contributed by atoms with Crippen molar-refractivity contribution in [2.75, 3.05) is 5.73 Å². The van der Waals surface area contributed by atoms with E-state index in [4.69, 9.17) is 5.73 Å². The Labute approximate surface area is 134 Å². The van der Waals surface area contributed by atoms with Crippen LogP contribution in [0.1, 0.15) is 31.8 Å². The highest BCUT2D eigenvalue weighted by Crippen LogP contribution is 2.28. The summed E-state index contributed by atoms with van der Waals surface area (Å²) in [5.74, 6) is -1.54. The summed E-state index contributed by atoms with van der Waals surface area (Å²) in [6.45, 7) is 3.19. The molecule has 2 amide bonds. The van der Waals surface area contributed by atoms with Gasteiger partial charge in [-0.2, -0.15) is 0 Å². The minimum atomic E-state index is -0.682. The minimum Gasteiger partial charge on any atom is -0.384 e. The summed E-state index contributed by atoms with van der Waals surface area (Å²) in [5.41, 5.74) is 6.34. The van der Waals surface area contributed by atoms with Crippen molar-refractivity contribution in [3.8, 4) is 5.69 Å². The van der Waals surface area contributed by atoms with E-state index < -0.39 is 22.3 Å². The molecular formula is C15H12N4O5. The van der Waals surface area contributed by atoms with Crippen molar-refractivity contribution in [3.63, 3.8) is 0 Å². The third-order valence-corrected chi connectivity index (χ3v) is 3.86. The van der Waals surface area contributed by atoms with Gasteiger partial charge in [0.05, 0.1) is 21.7 Å². The molecular weight excluding hydrogens is 316 g/mol. The monoisotopic (exact) mass is 328 g/mol. The minimum absolute atomic E-state index is 0.0725. The van der Waals surface area contributed by atoms with Crippen molar-refractivity contribution in [2.24, 2.45) is 0 Å². The molecule has 9 nitrogen and oxygen atoms in total. The van der Waals surface area contributed by atoms with Crippen LogP contribution in [0.2, 0.25) is 0 Å². The van der Waals surface area contributed by atoms with Gasteiger partial charge in [0.25, 0.3) is 23.1 Å². The molecule has 2 aromatic rings. The fraction of sp³-hybridized carbons (Fsp3) is 0.133. The average Bonchev–Trinajstić information content (AvgIpc) is 2.75. The van der Waals surface area contributed by atoms with Crippen LogP contribution in [-0.4, -0.2) is 21.3 Å². The van der Waals surface area contributed by atoms with Crippen LogP contribution in [0, 0.1) is 24.0 Å². The number of rotatable bonds is 2. The Kier molecular flexibility index (Phi) is 3.22. The smallest absolute Gasteiger partial charge is 0.270 e. The number of aromatic nitrogens is 1. The molecule has 2 heterocycles. The lowest BCUT2D eigenvalue weighted by molar-refractivity contribution is -0.384. The molecule has 0 spiro atoms. The molecule has 1 aliphatic rings. The van der Waals surface area contributed by atoms with E-state index in [0.717, 1.165) is 10.6 Å². The Balaban J connectivity index is 2.36. The maximum Gasteiger partial charge on any atom is 0.270 e. The number of hydrogen-bond donors (Lipinski definition) is 2. The van der Waals surface area contributed by atoms with Crippen LogP contribution < -0.4 is 16.6 Å². The first-order chi connectivity index (χ1) is 11.2. The number of nitrogens with one attached hydrogen (secondary N) is 1. The van der Waals surface area contributed by atoms with Crippen LogP contribution >= 0.6 is 0 Å². The maximum absolute atomic E-state index is 12.4. The molecule has 1 aromatic carbocycles. The quantitative estimate of drug-likeness (QED) is 0.476. The van der Waals surface area contributed by atoms with Gasteiger partial charge in [-0.1, -0.05) is 0 Å². The fourth-order valence-electron chi connectivity index (χ4n) is 2.90. The highest BCUT2D eigenvalue weighted by Gasteiger charge is 2.32. The number of pyridine rings is 1. The van der Waals surface area contributed by atoms with E-state index in [1.807, 2.05) is 0 Å². The number of benzene rings is 1. The second kappa shape index (κ2) is 5.01. The number of nitro benzene ring substituents is 1. The van der Waals surface area contributed by atoms with Gasteiger partial charge in [-0.3, -0.25) is 34.4 Å². The molecule has 1 aromatic heterocycles. The number of fused-ring (bicyclic) bond motifs is 1. The van der Waals surface area contributed by atoms with E-state index in [2.05, 4.69) is 5.32 Å². The number of nitrogens with two attached hydrogens (primary N) is 1. The van der Waals surface area contributed by atoms with Crippen LogP contribution in [0.5, 0.6) is 0 Å². The van der Waals surface area contributed by atoms with E-state index in [0.29, 0.717) is 16.8 Å². The molecule has 0 aliphatic carbocycles. The molecule has 0 bridgehead atoms. The largest absolute Gasteiger partial charge is 0.384 e. The summed E-state index contributed by atoms with van der Waals surface area (Å²) >= 11 is 0. The summed E-state index contributed by atoms with van der Waals surface area (Å²) in [5, 5.41) is 13.0. The predicted octanol–water partition coefficient (Wildman–Crippen LogP) is 0.828. The summed E-state index contributed by atoms with van der Waals surface area (Å²) in [7, 11) is 0. The first-order valence-electron chi connectivity index (χ1n) is 6.89. The number of amides is 2. The summed E-state index contributed by atoms with van der Waals surface area (Å²) in [6, 6.07) is 3.66. The Morgan fingerprint density at radius 2 is 1.67 bits per heavy atom. The van der Waals surface area contributed by atoms with Gasteiger partial charge in [-0.15, -0.1) is 0 Å². The van der Waals surface area contributed by atoms with Gasteiger partial charge in [0.15, 0.2) is 0 Å². The molecule has 3 rings (SSSR count). The highest BCUT2D eigenvalue weighted by molar-refractivity contribution is 6.23. The molecule has 0 fully saturated rings. The van der Waals surface area contributed by atoms with Gasteiger partial charge in [0.1, 0.15) is 5.82 Å². The number of carbonyl (C=O) groups is 2. The molecule has 24 heavy (non-hydrogen) atoms. The third-order valence-electron chi connectivity index (χ3n) is 3.86. The van der Waals surface area contributed by atoms with Crippen LogP contribution in [-0.2, 0) is 0 Å². The number of hydrogen-bond acceptors (Lipinski definition) is 6. The van der Waals surface area contributed by atoms with Crippen LogP contribution in [0.25, 0.3) is 5.69 Å². The van der Waals surface area contributed by atoms with E-state index >= 15 is 0 Å². The number of carbonyl (C=O) groups excluding carboxylic acids is 2. The van der Waals surface area contributed by atoms with Crippen molar-refractivity contribution in [1.82, 2.24) is 9.88 Å². The van der Waals surface area contributed by atoms with Crippen molar-refractivity contribution in [2.45, 2.75) is 13.8 Å². The van der Waals surface area contributed by atoms with Gasteiger partial charge in [0, 0.05) is 18.2 Å². The van der Waals surface area contributed by atoms with E-state index in [-0.39, 0.29) is 22.6 Å². The lowest BCUT2D eigenvalue weighted by atomic mass is 10.1. The molecule has 1 aliphatic heterocycles. The molecule has 0 saturated carbocycles. The number of imide groups is 1. The fourth-order valence-corrected chi connectivity index (χ4v) is 2.90. The highest BCUT2D eigenvalue weighted by atomic mass is 16.6. The Morgan fingerprint density at radius 1 is 1.08 bits per heavy atom. The Hall–Kier alpha value is -3.49. The third kappa shape index (κ3) is 2.06. The maximum atomic E-state index is 12.4. The first-order valence-corrected chi connectivity index (χ1v) is 6.89. The predicted molar refractivity (Wildman–Crippen MR) is 84.4 cm³/mol. The van der Waals surface area contributed by atoms with E-state index in [1.54, 1.807) is 13.8 Å². The van der Waals surface area contributed by atoms with Crippen molar-refractivity contribution >= 4 is 23.3 Å². The molecule has 0 unspecified atom stereocenters. The molecule has 0 radical (unpaired) electrons. The summed E-state index contributed by atoms with van der Waals surface area (Å²) in [4.78, 5) is 46.4. The first kappa shape index (κ1) is 15.4. The molecule has 0 saturated heterocycles. The number of non-ortho nitro benzene ring substituents is 1. The summed E-state index contributed by atoms with van der Waals surface area (Å²) < 4.78 is 1.09. The van der Waals surface area contributed by atoms with E-state index in [9.17, 15) is 24.5 Å². The standard InChI is InChI=1S/C15H12N4O5/c1-6-3-8(19(23)24)4-7(2)12(6)18-10(20)5-9-11(13(18)16)15(22)17-14(9)21/h3-5H,16H2,1-2H3,(H,17,21,22). The molecule has 122 valence electrons. The zero-order valence-corrected chi connectivity index (χ0v) is 12.7.